The number of hydrogen-bond donors (Lipinski definition) is 1. The van der Waals surface area contributed by atoms with E-state index in [2.05, 4.69) is 41.5 Å². The van der Waals surface area contributed by atoms with Crippen LogP contribution >= 0.6 is 0 Å². The van der Waals surface area contributed by atoms with Gasteiger partial charge in [0.05, 0.1) is 6.61 Å². The molecule has 0 aliphatic carbocycles. The molecule has 0 saturated carbocycles. The van der Waals surface area contributed by atoms with E-state index in [0.717, 1.165) is 24.8 Å². The van der Waals surface area contributed by atoms with Gasteiger partial charge in [0.15, 0.2) is 0 Å². The van der Waals surface area contributed by atoms with Crippen molar-refractivity contribution in [2.45, 2.75) is 26.2 Å². The lowest BCUT2D eigenvalue weighted by atomic mass is 9.94. The van der Waals surface area contributed by atoms with E-state index in [1.807, 2.05) is 6.92 Å². The second-order valence-electron chi connectivity index (χ2n) is 5.33. The van der Waals surface area contributed by atoms with Crippen molar-refractivity contribution >= 4 is 5.69 Å². The summed E-state index contributed by atoms with van der Waals surface area (Å²) in [6.45, 7) is 6.26. The summed E-state index contributed by atoms with van der Waals surface area (Å²) in [7, 11) is 2.18. The van der Waals surface area contributed by atoms with E-state index in [4.69, 9.17) is 4.74 Å². The number of nitrogens with one attached hydrogen (secondary N) is 1. The van der Waals surface area contributed by atoms with Gasteiger partial charge in [-0.3, -0.25) is 0 Å². The van der Waals surface area contributed by atoms with E-state index < -0.39 is 0 Å². The van der Waals surface area contributed by atoms with E-state index in [-0.39, 0.29) is 0 Å². The quantitative estimate of drug-likeness (QED) is 0.853. The lowest BCUT2D eigenvalue weighted by Gasteiger charge is -2.26. The van der Waals surface area contributed by atoms with Crippen LogP contribution in [0.3, 0.4) is 0 Å². The predicted molar refractivity (Wildman–Crippen MR) is 81.1 cm³/mol. The number of hydrogen-bond acceptors (Lipinski definition) is 3. The van der Waals surface area contributed by atoms with Crippen LogP contribution in [0.25, 0.3) is 0 Å². The Kier molecular flexibility index (Phi) is 5.52. The number of piperidine rings is 1. The molecule has 0 aromatic heterocycles. The Labute approximate surface area is 116 Å². The summed E-state index contributed by atoms with van der Waals surface area (Å²) in [4.78, 5) is 2.35. The first-order valence-electron chi connectivity index (χ1n) is 7.44. The third-order valence-corrected chi connectivity index (χ3v) is 3.92. The number of ether oxygens (including phenoxy) is 1. The van der Waals surface area contributed by atoms with Crippen LogP contribution in [-0.2, 0) is 0 Å². The fourth-order valence-corrected chi connectivity index (χ4v) is 2.64. The minimum atomic E-state index is 0.727. The molecule has 2 rings (SSSR count). The molecule has 19 heavy (non-hydrogen) atoms. The van der Waals surface area contributed by atoms with Gasteiger partial charge < -0.3 is 15.0 Å². The molecule has 1 aliphatic heterocycles. The summed E-state index contributed by atoms with van der Waals surface area (Å²) in [6, 6.07) is 8.40. The van der Waals surface area contributed by atoms with Crippen molar-refractivity contribution in [3.63, 3.8) is 0 Å². The lowest BCUT2D eigenvalue weighted by Crippen LogP contribution is -2.30. The zero-order chi connectivity index (χ0) is 13.5. The summed E-state index contributed by atoms with van der Waals surface area (Å²) in [5, 5.41) is 3.42. The molecule has 3 heteroatoms. The Morgan fingerprint density at radius 3 is 2.53 bits per heavy atom. The molecule has 0 atom stereocenters. The number of rotatable bonds is 6. The first kappa shape index (κ1) is 14.2. The highest BCUT2D eigenvalue weighted by Crippen LogP contribution is 2.21. The summed E-state index contributed by atoms with van der Waals surface area (Å²) >= 11 is 0. The fraction of sp³-hybridized carbons (Fsp3) is 0.625. The van der Waals surface area contributed by atoms with Gasteiger partial charge in [-0.15, -0.1) is 0 Å². The Morgan fingerprint density at radius 1 is 1.21 bits per heavy atom. The Bertz CT molecular complexity index is 358. The molecule has 3 nitrogen and oxygen atoms in total. The van der Waals surface area contributed by atoms with Crippen molar-refractivity contribution < 1.29 is 4.74 Å². The minimum absolute atomic E-state index is 0.727. The van der Waals surface area contributed by atoms with Gasteiger partial charge >= 0.3 is 0 Å². The van der Waals surface area contributed by atoms with E-state index in [1.54, 1.807) is 0 Å². The lowest BCUT2D eigenvalue weighted by molar-refractivity contribution is 0.340. The molecule has 1 aliphatic rings. The van der Waals surface area contributed by atoms with Crippen LogP contribution in [0.5, 0.6) is 5.75 Å². The largest absolute Gasteiger partial charge is 0.494 e. The summed E-state index contributed by atoms with van der Waals surface area (Å²) in [5.41, 5.74) is 1.28. The smallest absolute Gasteiger partial charge is 0.119 e. The Hall–Kier alpha value is -1.22. The molecule has 106 valence electrons. The van der Waals surface area contributed by atoms with Crippen LogP contribution in [0.1, 0.15) is 26.2 Å². The van der Waals surface area contributed by atoms with Gasteiger partial charge in [0, 0.05) is 19.3 Å². The first-order valence-corrected chi connectivity index (χ1v) is 7.44. The fourth-order valence-electron chi connectivity index (χ4n) is 2.64. The maximum atomic E-state index is 5.47. The average Bonchev–Trinajstić information content (AvgIpc) is 2.47. The van der Waals surface area contributed by atoms with Gasteiger partial charge in [0.2, 0.25) is 0 Å². The molecule has 1 heterocycles. The molecule has 0 spiro atoms. The number of nitrogens with zero attached hydrogens (tertiary/aromatic N) is 1. The second kappa shape index (κ2) is 7.39. The van der Waals surface area contributed by atoms with Gasteiger partial charge in [-0.2, -0.15) is 0 Å². The van der Waals surface area contributed by atoms with Gasteiger partial charge in [-0.25, -0.2) is 0 Å². The zero-order valence-electron chi connectivity index (χ0n) is 12.2. The van der Waals surface area contributed by atoms with Crippen LogP contribution in [0, 0.1) is 5.92 Å². The third-order valence-electron chi connectivity index (χ3n) is 3.92. The average molecular weight is 262 g/mol. The van der Waals surface area contributed by atoms with Gasteiger partial charge in [0.1, 0.15) is 5.75 Å². The molecular formula is C16H26N2O. The molecule has 0 amide bonds. The topological polar surface area (TPSA) is 24.5 Å². The van der Waals surface area contributed by atoms with Gasteiger partial charge in [-0.1, -0.05) is 0 Å². The van der Waals surface area contributed by atoms with Crippen LogP contribution in [-0.4, -0.2) is 33.3 Å². The second-order valence-corrected chi connectivity index (χ2v) is 5.33. The molecule has 1 saturated heterocycles. The predicted octanol–water partition coefficient (Wildman–Crippen LogP) is 2.91. The van der Waals surface area contributed by atoms with E-state index >= 15 is 0 Å². The van der Waals surface area contributed by atoms with Crippen LogP contribution in [0.2, 0.25) is 0 Å². The SMILES string of the molecule is CCOc1ccc(N(C)CCC2CCNCC2)cc1. The summed E-state index contributed by atoms with van der Waals surface area (Å²) in [5.74, 6) is 1.85. The highest BCUT2D eigenvalue weighted by Gasteiger charge is 2.13. The van der Waals surface area contributed by atoms with Crippen molar-refractivity contribution in [3.8, 4) is 5.75 Å². The summed E-state index contributed by atoms with van der Waals surface area (Å²) in [6.07, 6.45) is 3.96. The van der Waals surface area contributed by atoms with Crippen LogP contribution < -0.4 is 15.0 Å². The molecule has 0 unspecified atom stereocenters. The Morgan fingerprint density at radius 2 is 1.89 bits per heavy atom. The van der Waals surface area contributed by atoms with E-state index in [9.17, 15) is 0 Å². The van der Waals surface area contributed by atoms with Crippen molar-refractivity contribution in [3.05, 3.63) is 24.3 Å². The first-order chi connectivity index (χ1) is 9.29. The highest BCUT2D eigenvalue weighted by molar-refractivity contribution is 5.48. The molecule has 0 bridgehead atoms. The molecular weight excluding hydrogens is 236 g/mol. The van der Waals surface area contributed by atoms with Crippen molar-refractivity contribution in [2.24, 2.45) is 5.92 Å². The standard InChI is InChI=1S/C16H26N2O/c1-3-19-16-6-4-15(5-7-16)18(2)13-10-14-8-11-17-12-9-14/h4-7,14,17H,3,8-13H2,1-2H3. The molecule has 0 radical (unpaired) electrons. The van der Waals surface area contributed by atoms with Crippen LogP contribution in [0.15, 0.2) is 24.3 Å². The number of benzene rings is 1. The molecule has 1 N–H and O–H groups in total. The maximum absolute atomic E-state index is 5.47. The molecule has 1 fully saturated rings. The maximum Gasteiger partial charge on any atom is 0.119 e. The monoisotopic (exact) mass is 262 g/mol. The Balaban J connectivity index is 1.79. The van der Waals surface area contributed by atoms with Crippen molar-refractivity contribution in [2.75, 3.05) is 38.2 Å². The highest BCUT2D eigenvalue weighted by atomic mass is 16.5. The number of anilines is 1. The van der Waals surface area contributed by atoms with Gasteiger partial charge in [-0.05, 0) is 69.5 Å². The minimum Gasteiger partial charge on any atom is -0.494 e. The normalized spacial score (nSPS) is 16.3. The van der Waals surface area contributed by atoms with Crippen molar-refractivity contribution in [1.29, 1.82) is 0 Å². The summed E-state index contributed by atoms with van der Waals surface area (Å²) < 4.78 is 5.47. The van der Waals surface area contributed by atoms with Crippen molar-refractivity contribution in [1.82, 2.24) is 5.32 Å². The third kappa shape index (κ3) is 4.43. The van der Waals surface area contributed by atoms with Crippen LogP contribution in [0.4, 0.5) is 5.69 Å². The van der Waals surface area contributed by atoms with Gasteiger partial charge in [0.25, 0.3) is 0 Å². The van der Waals surface area contributed by atoms with E-state index in [0.29, 0.717) is 0 Å². The zero-order valence-corrected chi connectivity index (χ0v) is 12.2. The van der Waals surface area contributed by atoms with E-state index in [1.165, 1.54) is 38.0 Å². The molecule has 1 aromatic rings. The molecule has 1 aromatic carbocycles.